The van der Waals surface area contributed by atoms with E-state index in [0.717, 1.165) is 0 Å². The molecule has 6 heteroatoms. The van der Waals surface area contributed by atoms with Crippen molar-refractivity contribution in [1.82, 2.24) is 0 Å². The first-order valence-corrected chi connectivity index (χ1v) is 9.05. The van der Waals surface area contributed by atoms with Crippen LogP contribution in [-0.2, 0) is 35.3 Å². The van der Waals surface area contributed by atoms with Crippen molar-refractivity contribution >= 4 is 11.9 Å². The van der Waals surface area contributed by atoms with Crippen LogP contribution in [0.2, 0.25) is 0 Å². The fourth-order valence-electron chi connectivity index (χ4n) is 3.32. The lowest BCUT2D eigenvalue weighted by atomic mass is 9.75. The highest BCUT2D eigenvalue weighted by atomic mass is 16.4. The van der Waals surface area contributed by atoms with E-state index in [1.807, 2.05) is 0 Å². The van der Waals surface area contributed by atoms with Crippen LogP contribution >= 0.6 is 0 Å². The average Bonchev–Trinajstić information content (AvgIpc) is 2.67. The number of aliphatic carboxylic acids is 2. The van der Waals surface area contributed by atoms with Crippen LogP contribution in [0, 0.1) is 5.41 Å². The Bertz CT molecular complexity index is 867. The molecule has 0 heterocycles. The zero-order valence-electron chi connectivity index (χ0n) is 16.0. The molecule has 0 spiro atoms. The van der Waals surface area contributed by atoms with E-state index in [9.17, 15) is 30.0 Å². The Morgan fingerprint density at radius 1 is 0.759 bits per heavy atom. The van der Waals surface area contributed by atoms with Gasteiger partial charge in [0, 0.05) is 12.8 Å². The monoisotopic (exact) mass is 396 g/mol. The molecule has 0 aliphatic rings. The van der Waals surface area contributed by atoms with Crippen LogP contribution in [0.1, 0.15) is 22.3 Å². The third-order valence-electron chi connectivity index (χ3n) is 4.94. The van der Waals surface area contributed by atoms with Gasteiger partial charge in [-0.2, -0.15) is 0 Å². The molecule has 0 bridgehead atoms. The minimum Gasteiger partial charge on any atom is -0.507 e. The second kappa shape index (κ2) is 9.10. The van der Waals surface area contributed by atoms with Crippen molar-refractivity contribution in [3.8, 4) is 11.5 Å². The number of hydrogen-bond acceptors (Lipinski definition) is 4. The maximum atomic E-state index is 12.1. The number of phenols is 2. The van der Waals surface area contributed by atoms with Gasteiger partial charge in [-0.15, -0.1) is 13.2 Å². The molecular formula is C23H24O6. The molecule has 0 unspecified atom stereocenters. The van der Waals surface area contributed by atoms with Gasteiger partial charge in [0.05, 0.1) is 0 Å². The van der Waals surface area contributed by atoms with Crippen LogP contribution in [0.5, 0.6) is 11.5 Å². The second-order valence-electron chi connectivity index (χ2n) is 6.88. The summed E-state index contributed by atoms with van der Waals surface area (Å²) in [5.41, 5.74) is -0.808. The van der Waals surface area contributed by atoms with Gasteiger partial charge in [-0.1, -0.05) is 48.6 Å². The van der Waals surface area contributed by atoms with E-state index in [2.05, 4.69) is 13.2 Å². The third kappa shape index (κ3) is 4.48. The molecule has 4 N–H and O–H groups in total. The number of benzene rings is 2. The van der Waals surface area contributed by atoms with Gasteiger partial charge < -0.3 is 20.4 Å². The van der Waals surface area contributed by atoms with Gasteiger partial charge in [-0.05, 0) is 35.1 Å². The Morgan fingerprint density at radius 3 is 1.41 bits per heavy atom. The zero-order valence-corrected chi connectivity index (χ0v) is 16.0. The Hall–Kier alpha value is -3.54. The number of carboxylic acid groups (broad SMARTS) is 2. The summed E-state index contributed by atoms with van der Waals surface area (Å²) < 4.78 is 0. The van der Waals surface area contributed by atoms with Crippen molar-refractivity contribution in [2.75, 3.05) is 0 Å². The summed E-state index contributed by atoms with van der Waals surface area (Å²) in [5, 5.41) is 40.7. The van der Waals surface area contributed by atoms with E-state index in [0.29, 0.717) is 24.0 Å². The van der Waals surface area contributed by atoms with Crippen molar-refractivity contribution in [3.63, 3.8) is 0 Å². The fraction of sp³-hybridized carbons (Fsp3) is 0.217. The Morgan fingerprint density at radius 2 is 1.10 bits per heavy atom. The first-order chi connectivity index (χ1) is 13.8. The van der Waals surface area contributed by atoms with E-state index < -0.39 is 30.2 Å². The van der Waals surface area contributed by atoms with E-state index in [1.54, 1.807) is 36.4 Å². The Kier molecular flexibility index (Phi) is 6.83. The van der Waals surface area contributed by atoms with Gasteiger partial charge in [0.1, 0.15) is 11.5 Å². The molecule has 29 heavy (non-hydrogen) atoms. The van der Waals surface area contributed by atoms with Crippen molar-refractivity contribution in [3.05, 3.63) is 84.0 Å². The largest absolute Gasteiger partial charge is 0.507 e. The van der Waals surface area contributed by atoms with Crippen LogP contribution in [0.4, 0.5) is 0 Å². The van der Waals surface area contributed by atoms with Gasteiger partial charge in [-0.3, -0.25) is 9.59 Å². The first kappa shape index (κ1) is 21.8. The SMILES string of the molecule is C=CCc1cccc(CC(Cc2cccc(CC=C)c2O)(C(=O)O)C(=O)O)c1O. The number of aromatic hydroxyl groups is 2. The number of phenolic OH excluding ortho intramolecular Hbond substituents is 2. The molecule has 0 aromatic heterocycles. The number of hydrogen-bond donors (Lipinski definition) is 4. The van der Waals surface area contributed by atoms with Crippen LogP contribution in [-0.4, -0.2) is 32.4 Å². The van der Waals surface area contributed by atoms with Crippen LogP contribution in [0.3, 0.4) is 0 Å². The highest BCUT2D eigenvalue weighted by Crippen LogP contribution is 2.37. The third-order valence-corrected chi connectivity index (χ3v) is 4.94. The molecule has 0 amide bonds. The maximum Gasteiger partial charge on any atom is 0.321 e. The van der Waals surface area contributed by atoms with Gasteiger partial charge in [0.25, 0.3) is 0 Å². The standard InChI is InChI=1S/C23H24O6/c1-3-7-15-9-5-11-17(19(15)24)13-23(21(26)27,22(28)29)14-18-12-6-10-16(8-4-2)20(18)25/h3-6,9-12,24-25H,1-2,7-8,13-14H2,(H,26,27)(H,28,29). The number of carboxylic acids is 2. The van der Waals surface area contributed by atoms with E-state index in [1.165, 1.54) is 12.1 Å². The Labute approximate surface area is 169 Å². The average molecular weight is 396 g/mol. The number of carbonyl (C=O) groups is 2. The molecule has 0 atom stereocenters. The quantitative estimate of drug-likeness (QED) is 0.361. The molecule has 0 radical (unpaired) electrons. The van der Waals surface area contributed by atoms with Crippen LogP contribution < -0.4 is 0 Å². The highest BCUT2D eigenvalue weighted by molar-refractivity contribution is 5.99. The lowest BCUT2D eigenvalue weighted by Gasteiger charge is -2.26. The zero-order chi connectivity index (χ0) is 21.6. The number of para-hydroxylation sites is 2. The van der Waals surface area contributed by atoms with Crippen LogP contribution in [0.15, 0.2) is 61.7 Å². The summed E-state index contributed by atoms with van der Waals surface area (Å²) in [4.78, 5) is 24.3. The maximum absolute atomic E-state index is 12.1. The van der Waals surface area contributed by atoms with Crippen molar-refractivity contribution in [2.45, 2.75) is 25.7 Å². The molecule has 0 saturated heterocycles. The predicted octanol–water partition coefficient (Wildman–Crippen LogP) is 3.50. The first-order valence-electron chi connectivity index (χ1n) is 9.05. The minimum absolute atomic E-state index is 0.149. The molecule has 2 rings (SSSR count). The molecule has 0 saturated carbocycles. The highest BCUT2D eigenvalue weighted by Gasteiger charge is 2.47. The summed E-state index contributed by atoms with van der Waals surface area (Å²) in [6.45, 7) is 7.23. The van der Waals surface area contributed by atoms with Gasteiger partial charge in [-0.25, -0.2) is 0 Å². The molecule has 2 aromatic rings. The fourth-order valence-corrected chi connectivity index (χ4v) is 3.32. The summed E-state index contributed by atoms with van der Waals surface area (Å²) in [5.74, 6) is -3.40. The summed E-state index contributed by atoms with van der Waals surface area (Å²) in [6.07, 6.45) is 3.00. The van der Waals surface area contributed by atoms with E-state index >= 15 is 0 Å². The van der Waals surface area contributed by atoms with Crippen LogP contribution in [0.25, 0.3) is 0 Å². The van der Waals surface area contributed by atoms with E-state index in [-0.39, 0.29) is 22.6 Å². The summed E-state index contributed by atoms with van der Waals surface area (Å²) >= 11 is 0. The molecule has 2 aromatic carbocycles. The molecule has 0 aliphatic carbocycles. The molecule has 0 aliphatic heterocycles. The number of rotatable bonds is 10. The lowest BCUT2D eigenvalue weighted by molar-refractivity contribution is -0.164. The van der Waals surface area contributed by atoms with E-state index in [4.69, 9.17) is 0 Å². The molecule has 6 nitrogen and oxygen atoms in total. The normalized spacial score (nSPS) is 11.0. The molecular weight excluding hydrogens is 372 g/mol. The smallest absolute Gasteiger partial charge is 0.321 e. The number of allylic oxidation sites excluding steroid dienone is 2. The van der Waals surface area contributed by atoms with Crippen molar-refractivity contribution in [2.24, 2.45) is 5.41 Å². The van der Waals surface area contributed by atoms with Gasteiger partial charge in [0.15, 0.2) is 5.41 Å². The topological polar surface area (TPSA) is 115 Å². The predicted molar refractivity (Wildman–Crippen MR) is 109 cm³/mol. The minimum atomic E-state index is -2.27. The summed E-state index contributed by atoms with van der Waals surface area (Å²) in [7, 11) is 0. The molecule has 0 fully saturated rings. The summed E-state index contributed by atoms with van der Waals surface area (Å²) in [6, 6.07) is 9.57. The van der Waals surface area contributed by atoms with Gasteiger partial charge in [0.2, 0.25) is 0 Å². The van der Waals surface area contributed by atoms with Crippen molar-refractivity contribution < 1.29 is 30.0 Å². The van der Waals surface area contributed by atoms with Gasteiger partial charge >= 0.3 is 11.9 Å². The lowest BCUT2D eigenvalue weighted by Crippen LogP contribution is -2.43. The Balaban J connectivity index is 2.54. The van der Waals surface area contributed by atoms with Crippen molar-refractivity contribution in [1.29, 1.82) is 0 Å². The molecule has 152 valence electrons. The second-order valence-corrected chi connectivity index (χ2v) is 6.88.